The van der Waals surface area contributed by atoms with E-state index < -0.39 is 11.9 Å². The van der Waals surface area contributed by atoms with Crippen LogP contribution in [0, 0.1) is 0 Å². The highest BCUT2D eigenvalue weighted by Gasteiger charge is 2.08. The van der Waals surface area contributed by atoms with Crippen LogP contribution in [0.1, 0.15) is 17.5 Å². The minimum Gasteiger partial charge on any atom is -0.481 e. The molecule has 0 aliphatic heterocycles. The van der Waals surface area contributed by atoms with Crippen LogP contribution in [0.3, 0.4) is 0 Å². The first-order valence-electron chi connectivity index (χ1n) is 8.37. The molecule has 2 aromatic rings. The maximum absolute atomic E-state index is 11.9. The summed E-state index contributed by atoms with van der Waals surface area (Å²) in [6.45, 7) is -0.195. The van der Waals surface area contributed by atoms with Crippen LogP contribution >= 0.6 is 0 Å². The highest BCUT2D eigenvalue weighted by atomic mass is 16.4. The lowest BCUT2D eigenvalue weighted by molar-refractivity contribution is -0.136. The van der Waals surface area contributed by atoms with Crippen LogP contribution in [0.2, 0.25) is 0 Å². The Morgan fingerprint density at radius 3 is 2.11 bits per heavy atom. The van der Waals surface area contributed by atoms with Gasteiger partial charge in [0.25, 0.3) is 5.91 Å². The van der Waals surface area contributed by atoms with Gasteiger partial charge in [-0.2, -0.15) is 0 Å². The quantitative estimate of drug-likeness (QED) is 0.502. The largest absolute Gasteiger partial charge is 0.481 e. The molecule has 0 aliphatic rings. The number of benzene rings is 2. The van der Waals surface area contributed by atoms with Gasteiger partial charge in [0.05, 0.1) is 25.1 Å². The molecule has 0 saturated carbocycles. The van der Waals surface area contributed by atoms with Crippen LogP contribution in [0.4, 0.5) is 0 Å². The van der Waals surface area contributed by atoms with Gasteiger partial charge < -0.3 is 10.4 Å². The molecule has 140 valence electrons. The molecule has 0 aliphatic carbocycles. The second-order valence-corrected chi connectivity index (χ2v) is 5.69. The van der Waals surface area contributed by atoms with Crippen molar-refractivity contribution in [3.63, 3.8) is 0 Å². The zero-order valence-electron chi connectivity index (χ0n) is 14.6. The van der Waals surface area contributed by atoms with Crippen molar-refractivity contribution in [1.29, 1.82) is 0 Å². The molecule has 0 unspecified atom stereocenters. The Kier molecular flexibility index (Phi) is 7.59. The van der Waals surface area contributed by atoms with Gasteiger partial charge in [0.2, 0.25) is 5.91 Å². The van der Waals surface area contributed by atoms with Crippen molar-refractivity contribution >= 4 is 23.5 Å². The average Bonchev–Trinajstić information content (AvgIpc) is 2.67. The molecule has 0 fully saturated rings. The molecule has 2 rings (SSSR count). The van der Waals surface area contributed by atoms with Gasteiger partial charge in [0.1, 0.15) is 0 Å². The molecule has 0 spiro atoms. The normalized spacial score (nSPS) is 10.7. The molecule has 2 aromatic carbocycles. The van der Waals surface area contributed by atoms with Crippen molar-refractivity contribution in [2.75, 3.05) is 6.54 Å². The van der Waals surface area contributed by atoms with Crippen molar-refractivity contribution < 1.29 is 19.5 Å². The molecule has 2 amide bonds. The Hall–Kier alpha value is -3.61. The topological polar surface area (TPSA) is 108 Å². The standard InChI is InChI=1S/C20H21N3O4/c24-18(13-15-7-3-1-4-8-15)21-14-19(25)23-22-17(11-12-20(26)27)16-9-5-2-6-10-16/h1-11,22H,12-14H2,(H,21,24)(H,23,25)(H,26,27)/b17-11+. The molecule has 0 heterocycles. The van der Waals surface area contributed by atoms with Gasteiger partial charge in [0.15, 0.2) is 0 Å². The number of carboxylic acids is 1. The minimum absolute atomic E-state index is 0.190. The van der Waals surface area contributed by atoms with Gasteiger partial charge in [0, 0.05) is 0 Å². The second-order valence-electron chi connectivity index (χ2n) is 5.69. The maximum atomic E-state index is 11.9. The van der Waals surface area contributed by atoms with Gasteiger partial charge in [-0.05, 0) is 17.2 Å². The van der Waals surface area contributed by atoms with Gasteiger partial charge in [-0.15, -0.1) is 0 Å². The molecular weight excluding hydrogens is 346 g/mol. The maximum Gasteiger partial charge on any atom is 0.307 e. The number of carbonyl (C=O) groups excluding carboxylic acids is 2. The van der Waals surface area contributed by atoms with Crippen LogP contribution in [-0.2, 0) is 20.8 Å². The van der Waals surface area contributed by atoms with E-state index >= 15 is 0 Å². The lowest BCUT2D eigenvalue weighted by Crippen LogP contribution is -2.43. The predicted molar refractivity (Wildman–Crippen MR) is 101 cm³/mol. The molecule has 0 radical (unpaired) electrons. The summed E-state index contributed by atoms with van der Waals surface area (Å²) < 4.78 is 0. The first-order chi connectivity index (χ1) is 13.0. The molecule has 7 nitrogen and oxygen atoms in total. The summed E-state index contributed by atoms with van der Waals surface area (Å²) in [6.07, 6.45) is 1.46. The number of aliphatic carboxylic acids is 1. The minimum atomic E-state index is -0.982. The number of nitrogens with one attached hydrogen (secondary N) is 3. The summed E-state index contributed by atoms with van der Waals surface area (Å²) >= 11 is 0. The Bertz CT molecular complexity index is 804. The summed E-state index contributed by atoms with van der Waals surface area (Å²) in [5, 5.41) is 11.4. The third-order valence-electron chi connectivity index (χ3n) is 3.56. The summed E-state index contributed by atoms with van der Waals surface area (Å²) in [4.78, 5) is 34.6. The monoisotopic (exact) mass is 367 g/mol. The number of hydrazine groups is 1. The first-order valence-corrected chi connectivity index (χ1v) is 8.37. The second kappa shape index (κ2) is 10.4. The van der Waals surface area contributed by atoms with Gasteiger partial charge in [-0.3, -0.25) is 25.2 Å². The van der Waals surface area contributed by atoms with Crippen molar-refractivity contribution in [1.82, 2.24) is 16.2 Å². The van der Waals surface area contributed by atoms with E-state index in [9.17, 15) is 14.4 Å². The lowest BCUT2D eigenvalue weighted by Gasteiger charge is -2.13. The fourth-order valence-electron chi connectivity index (χ4n) is 2.25. The van der Waals surface area contributed by atoms with Crippen molar-refractivity contribution in [2.45, 2.75) is 12.8 Å². The number of rotatable bonds is 9. The highest BCUT2D eigenvalue weighted by Crippen LogP contribution is 2.10. The molecule has 27 heavy (non-hydrogen) atoms. The van der Waals surface area contributed by atoms with Crippen LogP contribution in [-0.4, -0.2) is 29.4 Å². The zero-order valence-corrected chi connectivity index (χ0v) is 14.6. The van der Waals surface area contributed by atoms with Crippen LogP contribution < -0.4 is 16.2 Å². The molecule has 0 atom stereocenters. The third kappa shape index (κ3) is 7.43. The van der Waals surface area contributed by atoms with Crippen molar-refractivity contribution in [2.24, 2.45) is 0 Å². The van der Waals surface area contributed by atoms with E-state index in [1.165, 1.54) is 6.08 Å². The fourth-order valence-corrected chi connectivity index (χ4v) is 2.25. The first kappa shape index (κ1) is 19.7. The van der Waals surface area contributed by atoms with Crippen molar-refractivity contribution in [3.05, 3.63) is 77.9 Å². The lowest BCUT2D eigenvalue weighted by atomic mass is 10.1. The van der Waals surface area contributed by atoms with Crippen LogP contribution in [0.5, 0.6) is 0 Å². The van der Waals surface area contributed by atoms with Gasteiger partial charge in [-0.25, -0.2) is 0 Å². The highest BCUT2D eigenvalue weighted by molar-refractivity contribution is 5.86. The van der Waals surface area contributed by atoms with E-state index in [2.05, 4.69) is 16.2 Å². The number of carbonyl (C=O) groups is 3. The SMILES string of the molecule is O=C(O)C/C=C(/NNC(=O)CNC(=O)Cc1ccccc1)c1ccccc1. The zero-order chi connectivity index (χ0) is 19.5. The van der Waals surface area contributed by atoms with E-state index in [1.807, 2.05) is 36.4 Å². The van der Waals surface area contributed by atoms with E-state index in [0.29, 0.717) is 5.70 Å². The van der Waals surface area contributed by atoms with E-state index in [-0.39, 0.29) is 25.3 Å². The Balaban J connectivity index is 1.83. The predicted octanol–water partition coefficient (Wildman–Crippen LogP) is 1.48. The van der Waals surface area contributed by atoms with Crippen molar-refractivity contribution in [3.8, 4) is 0 Å². The van der Waals surface area contributed by atoms with E-state index in [0.717, 1.165) is 11.1 Å². The van der Waals surface area contributed by atoms with E-state index in [1.54, 1.807) is 24.3 Å². The smallest absolute Gasteiger partial charge is 0.307 e. The number of amides is 2. The molecule has 7 heteroatoms. The summed E-state index contributed by atoms with van der Waals surface area (Å²) in [7, 11) is 0. The Labute approximate surface area is 157 Å². The van der Waals surface area contributed by atoms with Gasteiger partial charge >= 0.3 is 5.97 Å². The Morgan fingerprint density at radius 1 is 0.852 bits per heavy atom. The van der Waals surface area contributed by atoms with E-state index in [4.69, 9.17) is 5.11 Å². The number of hydrogen-bond donors (Lipinski definition) is 4. The summed E-state index contributed by atoms with van der Waals surface area (Å²) in [5.41, 5.74) is 7.22. The Morgan fingerprint density at radius 2 is 1.48 bits per heavy atom. The average molecular weight is 367 g/mol. The molecule has 0 aromatic heterocycles. The molecule has 4 N–H and O–H groups in total. The third-order valence-corrected chi connectivity index (χ3v) is 3.56. The molecule has 0 bridgehead atoms. The summed E-state index contributed by atoms with van der Waals surface area (Å²) in [6, 6.07) is 18.2. The van der Waals surface area contributed by atoms with Crippen LogP contribution in [0.25, 0.3) is 5.70 Å². The van der Waals surface area contributed by atoms with Crippen LogP contribution in [0.15, 0.2) is 66.7 Å². The fraction of sp³-hybridized carbons (Fsp3) is 0.150. The number of carboxylic acid groups (broad SMARTS) is 1. The molecule has 0 saturated heterocycles. The molecular formula is C20H21N3O4. The summed E-state index contributed by atoms with van der Waals surface area (Å²) in [5.74, 6) is -1.70. The van der Waals surface area contributed by atoms with Gasteiger partial charge in [-0.1, -0.05) is 60.7 Å². The number of hydrogen-bond acceptors (Lipinski definition) is 4.